The topological polar surface area (TPSA) is 60.3 Å². The number of carbonyl (C=O) groups is 1. The average Bonchev–Trinajstić information content (AvgIpc) is 2.83. The number of hydrogen-bond acceptors (Lipinski definition) is 4. The van der Waals surface area contributed by atoms with Crippen molar-refractivity contribution in [2.45, 2.75) is 32.9 Å². The Morgan fingerprint density at radius 2 is 2.22 bits per heavy atom. The zero-order chi connectivity index (χ0) is 17.0. The van der Waals surface area contributed by atoms with E-state index in [4.69, 9.17) is 4.74 Å². The van der Waals surface area contributed by atoms with E-state index in [0.29, 0.717) is 17.9 Å². The first kappa shape index (κ1) is 17.2. The number of rotatable bonds is 6. The molecular formula is C16H19FN2O3S. The lowest BCUT2D eigenvalue weighted by molar-refractivity contribution is -0.121. The fourth-order valence-corrected chi connectivity index (χ4v) is 3.08. The van der Waals surface area contributed by atoms with Crippen LogP contribution in [0.15, 0.2) is 28.4 Å². The van der Waals surface area contributed by atoms with E-state index in [1.54, 1.807) is 16.9 Å². The van der Waals surface area contributed by atoms with E-state index in [1.165, 1.54) is 25.3 Å². The van der Waals surface area contributed by atoms with E-state index >= 15 is 0 Å². The van der Waals surface area contributed by atoms with Crippen LogP contribution < -0.4 is 14.9 Å². The first-order valence-corrected chi connectivity index (χ1v) is 8.08. The summed E-state index contributed by atoms with van der Waals surface area (Å²) in [6, 6.07) is 3.79. The summed E-state index contributed by atoms with van der Waals surface area (Å²) in [7, 11) is 1.50. The van der Waals surface area contributed by atoms with Crippen molar-refractivity contribution in [2.24, 2.45) is 0 Å². The average molecular weight is 338 g/mol. The van der Waals surface area contributed by atoms with Gasteiger partial charge in [0.05, 0.1) is 13.2 Å². The summed E-state index contributed by atoms with van der Waals surface area (Å²) in [4.78, 5) is 23.6. The molecular weight excluding hydrogens is 319 g/mol. The zero-order valence-corrected chi connectivity index (χ0v) is 14.1. The number of methoxy groups -OCH3 is 1. The predicted molar refractivity (Wildman–Crippen MR) is 87.4 cm³/mol. The molecule has 0 aliphatic carbocycles. The molecule has 1 heterocycles. The van der Waals surface area contributed by atoms with Crippen molar-refractivity contribution in [3.63, 3.8) is 0 Å². The van der Waals surface area contributed by atoms with Crippen LogP contribution in [-0.4, -0.2) is 17.6 Å². The molecule has 2 rings (SSSR count). The van der Waals surface area contributed by atoms with Crippen LogP contribution in [0.2, 0.25) is 0 Å². The minimum Gasteiger partial charge on any atom is -0.496 e. The molecule has 0 unspecified atom stereocenters. The Morgan fingerprint density at radius 3 is 2.83 bits per heavy atom. The van der Waals surface area contributed by atoms with Gasteiger partial charge in [-0.15, -0.1) is 0 Å². The van der Waals surface area contributed by atoms with Gasteiger partial charge < -0.3 is 14.6 Å². The maximum Gasteiger partial charge on any atom is 0.307 e. The van der Waals surface area contributed by atoms with E-state index in [-0.39, 0.29) is 23.0 Å². The van der Waals surface area contributed by atoms with Gasteiger partial charge in [-0.05, 0) is 32.0 Å². The highest BCUT2D eigenvalue weighted by Gasteiger charge is 2.15. The van der Waals surface area contributed by atoms with Gasteiger partial charge in [-0.25, -0.2) is 4.39 Å². The predicted octanol–water partition coefficient (Wildman–Crippen LogP) is 2.63. The van der Waals surface area contributed by atoms with Crippen molar-refractivity contribution in [1.82, 2.24) is 9.88 Å². The molecule has 0 fully saturated rings. The Bertz CT molecular complexity index is 754. The maximum absolute atomic E-state index is 13.4. The van der Waals surface area contributed by atoms with Gasteiger partial charge >= 0.3 is 4.87 Å². The van der Waals surface area contributed by atoms with Gasteiger partial charge in [0.2, 0.25) is 5.91 Å². The number of aromatic nitrogens is 1. The third-order valence-corrected chi connectivity index (χ3v) is 4.46. The fraction of sp³-hybridized carbons (Fsp3) is 0.375. The van der Waals surface area contributed by atoms with Crippen molar-refractivity contribution in [3.05, 3.63) is 50.3 Å². The van der Waals surface area contributed by atoms with Crippen molar-refractivity contribution in [2.75, 3.05) is 7.11 Å². The number of ether oxygens (including phenoxy) is 1. The van der Waals surface area contributed by atoms with Crippen LogP contribution in [0.1, 0.15) is 30.6 Å². The number of carbonyl (C=O) groups excluding carboxylic acids is 1. The summed E-state index contributed by atoms with van der Waals surface area (Å²) in [6.45, 7) is 3.92. The molecule has 0 saturated heterocycles. The molecule has 1 aromatic carbocycles. The summed E-state index contributed by atoms with van der Waals surface area (Å²) in [5.41, 5.74) is 1.41. The Labute approximate surface area is 137 Å². The lowest BCUT2D eigenvalue weighted by atomic mass is 10.1. The van der Waals surface area contributed by atoms with Gasteiger partial charge in [0, 0.05) is 29.6 Å². The van der Waals surface area contributed by atoms with Crippen molar-refractivity contribution < 1.29 is 13.9 Å². The number of aryl methyl sites for hydroxylation is 1. The Hall–Kier alpha value is -2.15. The second-order valence-corrected chi connectivity index (χ2v) is 6.04. The quantitative estimate of drug-likeness (QED) is 0.881. The summed E-state index contributed by atoms with van der Waals surface area (Å²) in [6.07, 6.45) is 0.180. The Kier molecular flexibility index (Phi) is 5.54. The first-order chi connectivity index (χ1) is 10.9. The van der Waals surface area contributed by atoms with E-state index in [0.717, 1.165) is 17.0 Å². The smallest absolute Gasteiger partial charge is 0.307 e. The van der Waals surface area contributed by atoms with Crippen molar-refractivity contribution >= 4 is 17.2 Å². The second-order valence-electron chi connectivity index (χ2n) is 5.22. The van der Waals surface area contributed by atoms with Crippen LogP contribution in [0.25, 0.3) is 0 Å². The van der Waals surface area contributed by atoms with Gasteiger partial charge in [-0.1, -0.05) is 11.3 Å². The normalized spacial score (nSPS) is 12.0. The molecule has 0 radical (unpaired) electrons. The number of hydrogen-bond donors (Lipinski definition) is 1. The molecule has 0 aliphatic rings. The molecule has 0 spiro atoms. The number of amides is 1. The molecule has 1 amide bonds. The van der Waals surface area contributed by atoms with Crippen LogP contribution in [0.3, 0.4) is 0 Å². The second kappa shape index (κ2) is 7.41. The van der Waals surface area contributed by atoms with Crippen molar-refractivity contribution in [3.8, 4) is 5.75 Å². The molecule has 7 heteroatoms. The number of benzene rings is 1. The summed E-state index contributed by atoms with van der Waals surface area (Å²) < 4.78 is 20.2. The molecule has 23 heavy (non-hydrogen) atoms. The van der Waals surface area contributed by atoms with E-state index in [9.17, 15) is 14.0 Å². The van der Waals surface area contributed by atoms with Crippen LogP contribution in [0, 0.1) is 12.7 Å². The number of nitrogens with zero attached hydrogens (tertiary/aromatic N) is 1. The largest absolute Gasteiger partial charge is 0.496 e. The van der Waals surface area contributed by atoms with Crippen molar-refractivity contribution in [1.29, 1.82) is 0 Å². The zero-order valence-electron chi connectivity index (χ0n) is 13.3. The molecule has 0 bridgehead atoms. The van der Waals surface area contributed by atoms with Gasteiger partial charge in [-0.2, -0.15) is 0 Å². The third kappa shape index (κ3) is 4.19. The summed E-state index contributed by atoms with van der Waals surface area (Å²) >= 11 is 1.12. The molecule has 1 atom stereocenters. The first-order valence-electron chi connectivity index (χ1n) is 7.20. The van der Waals surface area contributed by atoms with Gasteiger partial charge in [0.25, 0.3) is 0 Å². The third-order valence-electron chi connectivity index (χ3n) is 3.57. The number of thiazole rings is 1. The van der Waals surface area contributed by atoms with E-state index in [1.807, 2.05) is 6.92 Å². The Morgan fingerprint density at radius 1 is 1.48 bits per heavy atom. The maximum atomic E-state index is 13.4. The van der Waals surface area contributed by atoms with Crippen LogP contribution in [0.4, 0.5) is 4.39 Å². The number of nitrogens with one attached hydrogen (secondary N) is 1. The molecule has 0 saturated carbocycles. The summed E-state index contributed by atoms with van der Waals surface area (Å²) in [5.74, 6) is -0.0761. The van der Waals surface area contributed by atoms with Gasteiger partial charge in [-0.3, -0.25) is 9.59 Å². The molecule has 5 nitrogen and oxygen atoms in total. The molecule has 2 aromatic rings. The van der Waals surface area contributed by atoms with Gasteiger partial charge in [0.1, 0.15) is 11.6 Å². The molecule has 0 aliphatic heterocycles. The number of halogens is 1. The lowest BCUT2D eigenvalue weighted by Gasteiger charge is -2.17. The van der Waals surface area contributed by atoms with Gasteiger partial charge in [0.15, 0.2) is 0 Å². The lowest BCUT2D eigenvalue weighted by Crippen LogP contribution is -2.29. The molecule has 1 aromatic heterocycles. The molecule has 124 valence electrons. The van der Waals surface area contributed by atoms with E-state index in [2.05, 4.69) is 5.32 Å². The van der Waals surface area contributed by atoms with E-state index < -0.39 is 6.04 Å². The fourth-order valence-electron chi connectivity index (χ4n) is 2.32. The van der Waals surface area contributed by atoms with Crippen LogP contribution >= 0.6 is 11.3 Å². The monoisotopic (exact) mass is 338 g/mol. The highest BCUT2D eigenvalue weighted by atomic mass is 32.1. The Balaban J connectivity index is 2.00. The minimum absolute atomic E-state index is 0.0739. The highest BCUT2D eigenvalue weighted by molar-refractivity contribution is 7.07. The molecule has 1 N–H and O–H groups in total. The minimum atomic E-state index is -0.395. The summed E-state index contributed by atoms with van der Waals surface area (Å²) in [5, 5.41) is 4.57. The standard InChI is InChI=1S/C16H19FN2O3S/c1-10-9-23-16(21)19(10)7-6-15(20)18-11(2)13-8-12(17)4-5-14(13)22-3/h4-5,8-9,11H,6-7H2,1-3H3,(H,18,20)/t11-/m0/s1. The van der Waals surface area contributed by atoms with Crippen LogP contribution in [0.5, 0.6) is 5.75 Å². The van der Waals surface area contributed by atoms with Crippen LogP contribution in [-0.2, 0) is 11.3 Å². The highest BCUT2D eigenvalue weighted by Crippen LogP contribution is 2.25. The SMILES string of the molecule is COc1ccc(F)cc1[C@H](C)NC(=O)CCn1c(C)csc1=O.